The van der Waals surface area contributed by atoms with Gasteiger partial charge in [0.2, 0.25) is 18.6 Å². The molecule has 0 bridgehead atoms. The van der Waals surface area contributed by atoms with Crippen molar-refractivity contribution < 1.29 is 38.2 Å². The highest BCUT2D eigenvalue weighted by molar-refractivity contribution is 6.05. The first-order valence-corrected chi connectivity index (χ1v) is 8.58. The zero-order valence-corrected chi connectivity index (χ0v) is 15.1. The van der Waals surface area contributed by atoms with Gasteiger partial charge in [0.25, 0.3) is 5.91 Å². The van der Waals surface area contributed by atoms with Crippen molar-refractivity contribution in [2.24, 2.45) is 0 Å². The number of ether oxygens (including phenoxy) is 3. The maximum absolute atomic E-state index is 12.1. The zero-order chi connectivity index (χ0) is 20.3. The van der Waals surface area contributed by atoms with Crippen molar-refractivity contribution in [2.45, 2.75) is 26.2 Å². The van der Waals surface area contributed by atoms with E-state index in [0.717, 1.165) is 4.90 Å². The van der Waals surface area contributed by atoms with E-state index in [1.165, 1.54) is 19.1 Å². The van der Waals surface area contributed by atoms with Gasteiger partial charge < -0.3 is 19.5 Å². The number of amides is 3. The molecule has 2 aliphatic rings. The molecule has 2 heterocycles. The Bertz CT molecular complexity index is 847. The van der Waals surface area contributed by atoms with E-state index in [2.05, 4.69) is 5.32 Å². The molecule has 2 aliphatic heterocycles. The fourth-order valence-electron chi connectivity index (χ4n) is 2.82. The van der Waals surface area contributed by atoms with Crippen molar-refractivity contribution >= 4 is 35.2 Å². The predicted octanol–water partition coefficient (Wildman–Crippen LogP) is 0.639. The van der Waals surface area contributed by atoms with Crippen molar-refractivity contribution in [3.8, 4) is 11.5 Å². The molecule has 1 aromatic carbocycles. The molecular weight excluding hydrogens is 372 g/mol. The SMILES string of the molecule is CC(=O)c1cc2c(cc1NC(=O)COC(=O)CCN1C(=O)CCC1=O)OCO2. The Morgan fingerprint density at radius 3 is 2.39 bits per heavy atom. The van der Waals surface area contributed by atoms with E-state index >= 15 is 0 Å². The Hall–Kier alpha value is -3.43. The lowest BCUT2D eigenvalue weighted by atomic mass is 10.1. The molecule has 10 heteroatoms. The van der Waals surface area contributed by atoms with Crippen molar-refractivity contribution in [1.29, 1.82) is 0 Å². The van der Waals surface area contributed by atoms with Crippen LogP contribution in [-0.4, -0.2) is 54.3 Å². The van der Waals surface area contributed by atoms with E-state index < -0.39 is 18.5 Å². The molecule has 0 spiro atoms. The van der Waals surface area contributed by atoms with Crippen LogP contribution in [0.15, 0.2) is 12.1 Å². The second kappa shape index (κ2) is 8.07. The van der Waals surface area contributed by atoms with Gasteiger partial charge in [-0.25, -0.2) is 0 Å². The summed E-state index contributed by atoms with van der Waals surface area (Å²) < 4.78 is 15.3. The molecule has 0 aliphatic carbocycles. The van der Waals surface area contributed by atoms with E-state index in [9.17, 15) is 24.0 Å². The first-order chi connectivity index (χ1) is 13.3. The molecule has 1 aromatic rings. The smallest absolute Gasteiger partial charge is 0.308 e. The van der Waals surface area contributed by atoms with Crippen LogP contribution in [0, 0.1) is 0 Å². The first kappa shape index (κ1) is 19.3. The Labute approximate surface area is 159 Å². The number of nitrogens with one attached hydrogen (secondary N) is 1. The molecule has 10 nitrogen and oxygen atoms in total. The van der Waals surface area contributed by atoms with Gasteiger partial charge in [0.1, 0.15) is 0 Å². The molecular formula is C18H18N2O8. The van der Waals surface area contributed by atoms with Gasteiger partial charge in [-0.2, -0.15) is 0 Å². The van der Waals surface area contributed by atoms with Crippen molar-refractivity contribution in [3.05, 3.63) is 17.7 Å². The molecule has 3 amide bonds. The van der Waals surface area contributed by atoms with Gasteiger partial charge in [0, 0.05) is 31.0 Å². The third-order valence-corrected chi connectivity index (χ3v) is 4.22. The van der Waals surface area contributed by atoms with Gasteiger partial charge >= 0.3 is 5.97 Å². The summed E-state index contributed by atoms with van der Waals surface area (Å²) in [6.07, 6.45) is 0.0854. The monoisotopic (exact) mass is 390 g/mol. The fourth-order valence-corrected chi connectivity index (χ4v) is 2.82. The van der Waals surface area contributed by atoms with Gasteiger partial charge in [-0.3, -0.25) is 28.9 Å². The van der Waals surface area contributed by atoms with Gasteiger partial charge in [-0.05, 0) is 13.0 Å². The van der Waals surface area contributed by atoms with Crippen LogP contribution in [0.4, 0.5) is 5.69 Å². The van der Waals surface area contributed by atoms with Crippen LogP contribution in [0.1, 0.15) is 36.5 Å². The number of carbonyl (C=O) groups excluding carboxylic acids is 5. The van der Waals surface area contributed by atoms with E-state index in [4.69, 9.17) is 14.2 Å². The molecule has 0 aromatic heterocycles. The highest BCUT2D eigenvalue weighted by Crippen LogP contribution is 2.37. The van der Waals surface area contributed by atoms with Gasteiger partial charge in [0.15, 0.2) is 23.9 Å². The Kier molecular flexibility index (Phi) is 5.57. The zero-order valence-electron chi connectivity index (χ0n) is 15.1. The summed E-state index contributed by atoms with van der Waals surface area (Å²) in [6, 6.07) is 2.93. The summed E-state index contributed by atoms with van der Waals surface area (Å²) in [5.74, 6) is -1.52. The number of imide groups is 1. The van der Waals surface area contributed by atoms with E-state index in [1.807, 2.05) is 0 Å². The normalized spacial score (nSPS) is 15.0. The quantitative estimate of drug-likeness (QED) is 0.408. The molecule has 0 atom stereocenters. The van der Waals surface area contributed by atoms with Gasteiger partial charge in [-0.15, -0.1) is 0 Å². The Balaban J connectivity index is 1.52. The highest BCUT2D eigenvalue weighted by atomic mass is 16.7. The average Bonchev–Trinajstić information content (AvgIpc) is 3.23. The molecule has 1 fully saturated rings. The van der Waals surface area contributed by atoms with Crippen LogP contribution >= 0.6 is 0 Å². The number of Topliss-reactive ketones (excluding diaryl/α,β-unsaturated/α-hetero) is 1. The molecule has 0 unspecified atom stereocenters. The summed E-state index contributed by atoms with van der Waals surface area (Å²) in [5.41, 5.74) is 0.445. The minimum atomic E-state index is -0.722. The Morgan fingerprint density at radius 2 is 1.75 bits per heavy atom. The third kappa shape index (κ3) is 4.27. The summed E-state index contributed by atoms with van der Waals surface area (Å²) >= 11 is 0. The number of rotatable bonds is 7. The third-order valence-electron chi connectivity index (χ3n) is 4.22. The number of hydrogen-bond acceptors (Lipinski definition) is 8. The summed E-state index contributed by atoms with van der Waals surface area (Å²) in [6.45, 7) is 0.707. The second-order valence-electron chi connectivity index (χ2n) is 6.21. The van der Waals surface area contributed by atoms with Crippen LogP contribution in [0.2, 0.25) is 0 Å². The van der Waals surface area contributed by atoms with Crippen molar-refractivity contribution in [1.82, 2.24) is 4.90 Å². The van der Waals surface area contributed by atoms with Crippen molar-refractivity contribution in [3.63, 3.8) is 0 Å². The van der Waals surface area contributed by atoms with Crippen LogP contribution < -0.4 is 14.8 Å². The number of ketones is 1. The predicted molar refractivity (Wildman–Crippen MR) is 92.7 cm³/mol. The van der Waals surface area contributed by atoms with Crippen LogP contribution in [0.3, 0.4) is 0 Å². The van der Waals surface area contributed by atoms with Gasteiger partial charge in [-0.1, -0.05) is 0 Å². The standard InChI is InChI=1S/C18H18N2O8/c1-10(21)11-6-13-14(28-9-27-13)7-12(11)19-15(22)8-26-18(25)4-5-20-16(23)2-3-17(20)24/h6-7H,2-5,8-9H2,1H3,(H,19,22). The van der Waals surface area contributed by atoms with Crippen LogP contribution in [0.5, 0.6) is 11.5 Å². The molecule has 0 radical (unpaired) electrons. The number of hydrogen-bond donors (Lipinski definition) is 1. The molecule has 28 heavy (non-hydrogen) atoms. The van der Waals surface area contributed by atoms with Crippen LogP contribution in [-0.2, 0) is 23.9 Å². The lowest BCUT2D eigenvalue weighted by Crippen LogP contribution is -2.32. The summed E-state index contributed by atoms with van der Waals surface area (Å²) in [4.78, 5) is 59.6. The van der Waals surface area contributed by atoms with Crippen molar-refractivity contribution in [2.75, 3.05) is 25.3 Å². The topological polar surface area (TPSA) is 128 Å². The highest BCUT2D eigenvalue weighted by Gasteiger charge is 2.29. The van der Waals surface area contributed by atoms with E-state index in [0.29, 0.717) is 11.5 Å². The number of esters is 1. The first-order valence-electron chi connectivity index (χ1n) is 8.58. The number of fused-ring (bicyclic) bond motifs is 1. The molecule has 3 rings (SSSR count). The largest absolute Gasteiger partial charge is 0.456 e. The number of benzene rings is 1. The molecule has 0 saturated carbocycles. The van der Waals surface area contributed by atoms with E-state index in [1.54, 1.807) is 0 Å². The number of anilines is 1. The average molecular weight is 390 g/mol. The lowest BCUT2D eigenvalue weighted by Gasteiger charge is -2.13. The number of likely N-dealkylation sites (tertiary alicyclic amines) is 1. The Morgan fingerprint density at radius 1 is 1.11 bits per heavy atom. The van der Waals surface area contributed by atoms with Gasteiger partial charge in [0.05, 0.1) is 12.1 Å². The lowest BCUT2D eigenvalue weighted by molar-refractivity contribution is -0.148. The maximum atomic E-state index is 12.1. The number of carbonyl (C=O) groups is 5. The fraction of sp³-hybridized carbons (Fsp3) is 0.389. The van der Waals surface area contributed by atoms with Crippen LogP contribution in [0.25, 0.3) is 0 Å². The minimum absolute atomic E-state index is 0.0176. The summed E-state index contributed by atoms with van der Waals surface area (Å²) in [7, 11) is 0. The maximum Gasteiger partial charge on any atom is 0.308 e. The molecule has 148 valence electrons. The molecule has 1 saturated heterocycles. The second-order valence-corrected chi connectivity index (χ2v) is 6.21. The number of nitrogens with zero attached hydrogens (tertiary/aromatic N) is 1. The molecule has 1 N–H and O–H groups in total. The minimum Gasteiger partial charge on any atom is -0.456 e. The summed E-state index contributed by atoms with van der Waals surface area (Å²) in [5, 5.41) is 2.50. The van der Waals surface area contributed by atoms with E-state index in [-0.39, 0.29) is 61.4 Å².